The van der Waals surface area contributed by atoms with Crippen molar-refractivity contribution >= 4 is 40.1 Å². The third-order valence-corrected chi connectivity index (χ3v) is 6.34. The molecule has 4 aromatic rings. The highest BCUT2D eigenvalue weighted by molar-refractivity contribution is 6.30. The van der Waals surface area contributed by atoms with Crippen molar-refractivity contribution < 1.29 is 27.5 Å². The molecule has 1 unspecified atom stereocenters. The lowest BCUT2D eigenvalue weighted by Gasteiger charge is -2.29. The van der Waals surface area contributed by atoms with E-state index in [0.717, 1.165) is 6.92 Å². The van der Waals surface area contributed by atoms with Gasteiger partial charge in [0, 0.05) is 29.8 Å². The van der Waals surface area contributed by atoms with E-state index >= 15 is 0 Å². The predicted octanol–water partition coefficient (Wildman–Crippen LogP) is 3.83. The normalized spacial score (nSPS) is 14.3. The molecule has 5 rings (SSSR count). The summed E-state index contributed by atoms with van der Waals surface area (Å²) in [6.07, 6.45) is -0.811. The molecule has 0 fully saturated rings. The van der Waals surface area contributed by atoms with Gasteiger partial charge < -0.3 is 10.5 Å². The number of nitrogens with one attached hydrogen (secondary N) is 1. The number of hydrogen-bond acceptors (Lipinski definition) is 7. The van der Waals surface area contributed by atoms with Crippen LogP contribution in [-0.2, 0) is 17.8 Å². The van der Waals surface area contributed by atoms with Crippen molar-refractivity contribution in [2.24, 2.45) is 11.7 Å². The highest BCUT2D eigenvalue weighted by Gasteiger charge is 2.37. The monoisotopic (exact) mass is 545 g/mol. The number of carbonyl (C=O) groups excluding carboxylic acids is 2. The fourth-order valence-corrected chi connectivity index (χ4v) is 4.33. The van der Waals surface area contributed by atoms with Crippen molar-refractivity contribution in [1.82, 2.24) is 25.1 Å². The Morgan fingerprint density at radius 1 is 1.26 bits per heavy atom. The Morgan fingerprint density at radius 3 is 2.68 bits per heavy atom. The lowest BCUT2D eigenvalue weighted by molar-refractivity contribution is -0.169. The van der Waals surface area contributed by atoms with Crippen molar-refractivity contribution in [1.29, 1.82) is 0 Å². The van der Waals surface area contributed by atoms with Crippen LogP contribution in [0.5, 0.6) is 5.75 Å². The van der Waals surface area contributed by atoms with Crippen molar-refractivity contribution in [2.75, 3.05) is 11.5 Å². The van der Waals surface area contributed by atoms with E-state index in [-0.39, 0.29) is 41.5 Å². The summed E-state index contributed by atoms with van der Waals surface area (Å²) in [5.74, 6) is -2.37. The number of pyridine rings is 1. The molecule has 0 radical (unpaired) electrons. The summed E-state index contributed by atoms with van der Waals surface area (Å²) in [5, 5.41) is 7.34. The SMILES string of the molecule is CC(Cc1nc2[nH]ncc2c(-c2ccc3c(c2)OCC(=O)N3Cc2ncc(Cl)cn2)c1C(N)=O)C(F)(F)F. The molecule has 1 aromatic carbocycles. The third-order valence-electron chi connectivity index (χ3n) is 6.14. The summed E-state index contributed by atoms with van der Waals surface area (Å²) in [7, 11) is 0. The summed E-state index contributed by atoms with van der Waals surface area (Å²) in [4.78, 5) is 39.2. The Morgan fingerprint density at radius 2 is 2.00 bits per heavy atom. The second-order valence-electron chi connectivity index (χ2n) is 8.72. The maximum Gasteiger partial charge on any atom is 0.391 e. The maximum absolute atomic E-state index is 13.3. The fourth-order valence-electron chi connectivity index (χ4n) is 4.23. The molecule has 3 N–H and O–H groups in total. The maximum atomic E-state index is 13.3. The number of carbonyl (C=O) groups is 2. The van der Waals surface area contributed by atoms with Gasteiger partial charge in [0.1, 0.15) is 11.6 Å². The van der Waals surface area contributed by atoms with E-state index in [9.17, 15) is 22.8 Å². The lowest BCUT2D eigenvalue weighted by Crippen LogP contribution is -2.38. The van der Waals surface area contributed by atoms with Gasteiger partial charge in [-0.15, -0.1) is 0 Å². The third kappa shape index (κ3) is 4.72. The summed E-state index contributed by atoms with van der Waals surface area (Å²) in [5.41, 5.74) is 6.73. The molecule has 3 aromatic heterocycles. The van der Waals surface area contributed by atoms with Gasteiger partial charge in [0.2, 0.25) is 0 Å². The first-order valence-electron chi connectivity index (χ1n) is 11.3. The summed E-state index contributed by atoms with van der Waals surface area (Å²) in [6.45, 7) is 0.795. The molecule has 0 saturated carbocycles. The van der Waals surface area contributed by atoms with E-state index in [1.165, 1.54) is 23.5 Å². The first-order valence-corrected chi connectivity index (χ1v) is 11.7. The second-order valence-corrected chi connectivity index (χ2v) is 9.16. The Bertz CT molecular complexity index is 1560. The Hall–Kier alpha value is -4.26. The van der Waals surface area contributed by atoms with E-state index < -0.39 is 24.4 Å². The number of benzene rings is 1. The van der Waals surface area contributed by atoms with Gasteiger partial charge in [0.25, 0.3) is 11.8 Å². The summed E-state index contributed by atoms with van der Waals surface area (Å²) >= 11 is 5.84. The van der Waals surface area contributed by atoms with Gasteiger partial charge in [-0.05, 0) is 17.7 Å². The molecular weight excluding hydrogens is 527 g/mol. The van der Waals surface area contributed by atoms with Gasteiger partial charge in [-0.2, -0.15) is 18.3 Å². The Kier molecular flexibility index (Phi) is 6.39. The molecule has 0 aliphatic carbocycles. The van der Waals surface area contributed by atoms with Crippen LogP contribution in [0.3, 0.4) is 0 Å². The lowest BCUT2D eigenvalue weighted by atomic mass is 9.91. The van der Waals surface area contributed by atoms with Crippen LogP contribution in [0.4, 0.5) is 18.9 Å². The van der Waals surface area contributed by atoms with Crippen LogP contribution in [0.15, 0.2) is 36.8 Å². The molecule has 0 bridgehead atoms. The minimum atomic E-state index is -4.50. The number of aromatic amines is 1. The molecule has 38 heavy (non-hydrogen) atoms. The number of halogens is 4. The number of alkyl halides is 3. The van der Waals surface area contributed by atoms with Gasteiger partial charge in [-0.1, -0.05) is 24.6 Å². The molecule has 14 heteroatoms. The van der Waals surface area contributed by atoms with Crippen molar-refractivity contribution in [3.8, 4) is 16.9 Å². The quantitative estimate of drug-likeness (QED) is 0.375. The largest absolute Gasteiger partial charge is 0.482 e. The van der Waals surface area contributed by atoms with E-state index in [0.29, 0.717) is 33.2 Å². The summed E-state index contributed by atoms with van der Waals surface area (Å²) < 4.78 is 45.7. The van der Waals surface area contributed by atoms with Crippen LogP contribution in [-0.4, -0.2) is 49.7 Å². The zero-order valence-corrected chi connectivity index (χ0v) is 20.5. The number of aromatic nitrogens is 5. The van der Waals surface area contributed by atoms with Gasteiger partial charge in [-0.25, -0.2) is 15.0 Å². The van der Waals surface area contributed by atoms with Crippen LogP contribution in [0, 0.1) is 5.92 Å². The molecule has 10 nitrogen and oxygen atoms in total. The van der Waals surface area contributed by atoms with Crippen molar-refractivity contribution in [2.45, 2.75) is 26.1 Å². The molecule has 1 aliphatic rings. The van der Waals surface area contributed by atoms with Crippen LogP contribution >= 0.6 is 11.6 Å². The van der Waals surface area contributed by atoms with Gasteiger partial charge in [0.15, 0.2) is 12.3 Å². The molecule has 2 amide bonds. The number of fused-ring (bicyclic) bond motifs is 2. The second kappa shape index (κ2) is 9.56. The number of rotatable bonds is 6. The van der Waals surface area contributed by atoms with E-state index in [1.807, 2.05) is 0 Å². The number of amides is 2. The number of hydrogen-bond donors (Lipinski definition) is 2. The highest BCUT2D eigenvalue weighted by Crippen LogP contribution is 2.41. The Labute approximate surface area is 218 Å². The smallest absolute Gasteiger partial charge is 0.391 e. The number of nitrogens with zero attached hydrogens (tertiary/aromatic N) is 5. The molecule has 1 atom stereocenters. The predicted molar refractivity (Wildman–Crippen MR) is 130 cm³/mol. The van der Waals surface area contributed by atoms with Crippen molar-refractivity contribution in [3.63, 3.8) is 0 Å². The van der Waals surface area contributed by atoms with Gasteiger partial charge >= 0.3 is 6.18 Å². The average molecular weight is 546 g/mol. The number of anilines is 1. The van der Waals surface area contributed by atoms with E-state index in [1.54, 1.807) is 18.2 Å². The number of ether oxygens (including phenoxy) is 1. The van der Waals surface area contributed by atoms with E-state index in [4.69, 9.17) is 22.1 Å². The van der Waals surface area contributed by atoms with Crippen LogP contribution in [0.1, 0.15) is 28.8 Å². The molecule has 0 spiro atoms. The minimum absolute atomic E-state index is 0.0545. The molecule has 0 saturated heterocycles. The zero-order valence-electron chi connectivity index (χ0n) is 19.7. The van der Waals surface area contributed by atoms with Crippen LogP contribution in [0.2, 0.25) is 5.02 Å². The molecular formula is C24H19ClF3N7O3. The number of primary amides is 1. The topological polar surface area (TPSA) is 140 Å². The average Bonchev–Trinajstić information content (AvgIpc) is 3.33. The highest BCUT2D eigenvalue weighted by atomic mass is 35.5. The number of H-pyrrole nitrogens is 1. The molecule has 196 valence electrons. The standard InChI is InChI=1S/C24H19ClF3N7O3/c1-11(24(26,27)28)4-15-21(22(29)37)20(14-8-32-34-23(14)33-15)12-2-3-16-17(5-12)38-10-19(36)35(16)9-18-30-6-13(25)7-31-18/h2-3,5-8,11H,4,9-10H2,1H3,(H2,29,37)(H,32,33,34). The van der Waals surface area contributed by atoms with Crippen molar-refractivity contribution in [3.05, 3.63) is 58.9 Å². The number of nitrogens with two attached hydrogens (primary N) is 1. The van der Waals surface area contributed by atoms with Crippen LogP contribution in [0.25, 0.3) is 22.2 Å². The fraction of sp³-hybridized carbons (Fsp3) is 0.250. The van der Waals surface area contributed by atoms with Crippen LogP contribution < -0.4 is 15.4 Å². The first kappa shape index (κ1) is 25.4. The zero-order chi connectivity index (χ0) is 27.2. The first-order chi connectivity index (χ1) is 18.0. The molecule has 4 heterocycles. The molecule has 1 aliphatic heterocycles. The minimum Gasteiger partial charge on any atom is -0.482 e. The van der Waals surface area contributed by atoms with E-state index in [2.05, 4.69) is 25.1 Å². The summed E-state index contributed by atoms with van der Waals surface area (Å²) in [6, 6.07) is 4.80. The van der Waals surface area contributed by atoms with Gasteiger partial charge in [-0.3, -0.25) is 19.6 Å². The Balaban J connectivity index is 1.61. The van der Waals surface area contributed by atoms with Gasteiger partial charge in [0.05, 0.1) is 40.6 Å².